The zero-order valence-electron chi connectivity index (χ0n) is 13.5. The number of hydrogen-bond acceptors (Lipinski definition) is 1. The van der Waals surface area contributed by atoms with E-state index < -0.39 is 0 Å². The highest BCUT2D eigenvalue weighted by Crippen LogP contribution is 2.37. The molecule has 0 saturated heterocycles. The van der Waals surface area contributed by atoms with Gasteiger partial charge in [-0.05, 0) is 30.4 Å². The van der Waals surface area contributed by atoms with E-state index in [4.69, 9.17) is 0 Å². The number of rotatable bonds is 4. The SMILES string of the molecule is O=C(c1ccccc1)c1c[nH]c(C2=CCCC2)c1-c1ccccc1. The topological polar surface area (TPSA) is 32.9 Å². The number of H-pyrrole nitrogens is 1. The molecule has 2 aromatic carbocycles. The molecule has 4 rings (SSSR count). The standard InChI is InChI=1S/C22H19NO/c24-22(18-13-5-2-6-14-18)19-15-23-21(17-11-7-8-12-17)20(19)16-9-3-1-4-10-16/h1-6,9-11,13-15,23H,7-8,12H2. The van der Waals surface area contributed by atoms with E-state index in [0.29, 0.717) is 0 Å². The Labute approximate surface area is 141 Å². The van der Waals surface area contributed by atoms with Gasteiger partial charge in [0.15, 0.2) is 5.78 Å². The number of carbonyl (C=O) groups excluding carboxylic acids is 1. The highest BCUT2D eigenvalue weighted by atomic mass is 16.1. The van der Waals surface area contributed by atoms with E-state index in [0.717, 1.165) is 40.8 Å². The number of aromatic nitrogens is 1. The van der Waals surface area contributed by atoms with Crippen LogP contribution in [0.2, 0.25) is 0 Å². The Balaban J connectivity index is 1.87. The summed E-state index contributed by atoms with van der Waals surface area (Å²) in [4.78, 5) is 16.4. The van der Waals surface area contributed by atoms with Gasteiger partial charge in [0.1, 0.15) is 0 Å². The van der Waals surface area contributed by atoms with Crippen LogP contribution in [0.4, 0.5) is 0 Å². The van der Waals surface area contributed by atoms with Crippen LogP contribution in [0.1, 0.15) is 40.9 Å². The van der Waals surface area contributed by atoms with Crippen molar-refractivity contribution >= 4 is 11.4 Å². The lowest BCUT2D eigenvalue weighted by molar-refractivity contribution is 0.103. The van der Waals surface area contributed by atoms with Crippen LogP contribution >= 0.6 is 0 Å². The third-order valence-electron chi connectivity index (χ3n) is 4.59. The third-order valence-corrected chi connectivity index (χ3v) is 4.59. The summed E-state index contributed by atoms with van der Waals surface area (Å²) in [5, 5.41) is 0. The number of carbonyl (C=O) groups is 1. The Morgan fingerprint density at radius 2 is 1.62 bits per heavy atom. The van der Waals surface area contributed by atoms with Crippen molar-refractivity contribution in [1.82, 2.24) is 4.98 Å². The van der Waals surface area contributed by atoms with Gasteiger partial charge in [-0.25, -0.2) is 0 Å². The van der Waals surface area contributed by atoms with Gasteiger partial charge < -0.3 is 4.98 Å². The van der Waals surface area contributed by atoms with Crippen molar-refractivity contribution in [2.75, 3.05) is 0 Å². The van der Waals surface area contributed by atoms with Crippen molar-refractivity contribution in [3.63, 3.8) is 0 Å². The molecule has 118 valence electrons. The van der Waals surface area contributed by atoms with E-state index in [1.54, 1.807) is 0 Å². The summed E-state index contributed by atoms with van der Waals surface area (Å²) in [6, 6.07) is 19.7. The van der Waals surface area contributed by atoms with Crippen molar-refractivity contribution in [3.8, 4) is 11.1 Å². The molecule has 2 heteroatoms. The number of benzene rings is 2. The fraction of sp³-hybridized carbons (Fsp3) is 0.136. The van der Waals surface area contributed by atoms with E-state index in [1.807, 2.05) is 54.7 Å². The smallest absolute Gasteiger partial charge is 0.195 e. The Morgan fingerprint density at radius 3 is 2.29 bits per heavy atom. The molecule has 0 saturated carbocycles. The molecule has 0 amide bonds. The van der Waals surface area contributed by atoms with Gasteiger partial charge in [0, 0.05) is 28.6 Å². The predicted molar refractivity (Wildman–Crippen MR) is 97.9 cm³/mol. The second-order valence-electron chi connectivity index (χ2n) is 6.14. The summed E-state index contributed by atoms with van der Waals surface area (Å²) in [5.74, 6) is 0.0653. The average Bonchev–Trinajstić information content (AvgIpc) is 3.32. The van der Waals surface area contributed by atoms with Crippen molar-refractivity contribution in [1.29, 1.82) is 0 Å². The molecule has 0 aliphatic heterocycles. The van der Waals surface area contributed by atoms with Gasteiger partial charge in [-0.3, -0.25) is 4.79 Å². The Morgan fingerprint density at radius 1 is 0.917 bits per heavy atom. The van der Waals surface area contributed by atoms with Crippen LogP contribution in [0.15, 0.2) is 72.9 Å². The first-order valence-electron chi connectivity index (χ1n) is 8.40. The normalized spacial score (nSPS) is 13.8. The number of ketones is 1. The van der Waals surface area contributed by atoms with E-state index >= 15 is 0 Å². The summed E-state index contributed by atoms with van der Waals surface area (Å²) in [6.07, 6.45) is 7.52. The van der Waals surface area contributed by atoms with E-state index in [2.05, 4.69) is 23.2 Å². The Bertz CT molecular complexity index is 888. The van der Waals surface area contributed by atoms with Gasteiger partial charge in [-0.2, -0.15) is 0 Å². The molecule has 0 spiro atoms. The lowest BCUT2D eigenvalue weighted by Crippen LogP contribution is -2.01. The minimum Gasteiger partial charge on any atom is -0.360 e. The van der Waals surface area contributed by atoms with Crippen LogP contribution in [0, 0.1) is 0 Å². The maximum atomic E-state index is 13.0. The molecule has 0 bridgehead atoms. The molecule has 2 nitrogen and oxygen atoms in total. The molecule has 1 aromatic heterocycles. The molecule has 24 heavy (non-hydrogen) atoms. The maximum Gasteiger partial charge on any atom is 0.195 e. The Kier molecular flexibility index (Phi) is 3.87. The molecule has 0 unspecified atom stereocenters. The van der Waals surface area contributed by atoms with Crippen LogP contribution in [0.3, 0.4) is 0 Å². The molecule has 0 atom stereocenters. The first-order valence-corrected chi connectivity index (χ1v) is 8.40. The van der Waals surface area contributed by atoms with Gasteiger partial charge in [-0.15, -0.1) is 0 Å². The second-order valence-corrected chi connectivity index (χ2v) is 6.14. The van der Waals surface area contributed by atoms with Gasteiger partial charge >= 0.3 is 0 Å². The number of aromatic amines is 1. The van der Waals surface area contributed by atoms with Gasteiger partial charge in [0.25, 0.3) is 0 Å². The quantitative estimate of drug-likeness (QED) is 0.636. The first-order chi connectivity index (χ1) is 11.8. The summed E-state index contributed by atoms with van der Waals surface area (Å²) >= 11 is 0. The molecule has 3 aromatic rings. The minimum atomic E-state index is 0.0653. The average molecular weight is 313 g/mol. The zero-order chi connectivity index (χ0) is 16.4. The third kappa shape index (κ3) is 2.61. The molecule has 0 radical (unpaired) electrons. The lowest BCUT2D eigenvalue weighted by atomic mass is 9.93. The molecule has 1 aliphatic carbocycles. The van der Waals surface area contributed by atoms with Crippen LogP contribution in [-0.2, 0) is 0 Å². The summed E-state index contributed by atoms with van der Waals surface area (Å²) in [7, 11) is 0. The highest BCUT2D eigenvalue weighted by molar-refractivity contribution is 6.14. The maximum absolute atomic E-state index is 13.0. The van der Waals surface area contributed by atoms with Crippen LogP contribution in [0.5, 0.6) is 0 Å². The van der Waals surface area contributed by atoms with E-state index in [-0.39, 0.29) is 5.78 Å². The summed E-state index contributed by atoms with van der Waals surface area (Å²) in [6.45, 7) is 0. The van der Waals surface area contributed by atoms with Crippen LogP contribution < -0.4 is 0 Å². The zero-order valence-corrected chi connectivity index (χ0v) is 13.5. The van der Waals surface area contributed by atoms with Crippen LogP contribution in [-0.4, -0.2) is 10.8 Å². The summed E-state index contributed by atoms with van der Waals surface area (Å²) < 4.78 is 0. The fourth-order valence-electron chi connectivity index (χ4n) is 3.40. The van der Waals surface area contributed by atoms with Gasteiger partial charge in [-0.1, -0.05) is 66.7 Å². The van der Waals surface area contributed by atoms with E-state index in [9.17, 15) is 4.79 Å². The largest absolute Gasteiger partial charge is 0.360 e. The van der Waals surface area contributed by atoms with Crippen molar-refractivity contribution in [3.05, 3.63) is 89.8 Å². The summed E-state index contributed by atoms with van der Waals surface area (Å²) in [5.41, 5.74) is 5.99. The molecule has 1 aliphatic rings. The minimum absolute atomic E-state index is 0.0653. The molecular formula is C22H19NO. The molecule has 1 heterocycles. The van der Waals surface area contributed by atoms with E-state index in [1.165, 1.54) is 12.0 Å². The van der Waals surface area contributed by atoms with Crippen molar-refractivity contribution in [2.24, 2.45) is 0 Å². The first kappa shape index (κ1) is 14.7. The lowest BCUT2D eigenvalue weighted by Gasteiger charge is -2.09. The highest BCUT2D eigenvalue weighted by Gasteiger charge is 2.22. The monoisotopic (exact) mass is 313 g/mol. The number of hydrogen-bond donors (Lipinski definition) is 1. The molecule has 0 fully saturated rings. The number of allylic oxidation sites excluding steroid dienone is 2. The fourth-order valence-corrected chi connectivity index (χ4v) is 3.40. The molecule has 1 N–H and O–H groups in total. The van der Waals surface area contributed by atoms with Crippen LogP contribution in [0.25, 0.3) is 16.7 Å². The second kappa shape index (κ2) is 6.32. The Hall–Kier alpha value is -2.87. The molecular weight excluding hydrogens is 294 g/mol. The predicted octanol–water partition coefficient (Wildman–Crippen LogP) is 5.48. The van der Waals surface area contributed by atoms with Gasteiger partial charge in [0.2, 0.25) is 0 Å². The number of nitrogens with one attached hydrogen (secondary N) is 1. The van der Waals surface area contributed by atoms with Crippen molar-refractivity contribution < 1.29 is 4.79 Å². The van der Waals surface area contributed by atoms with Gasteiger partial charge in [0.05, 0.1) is 0 Å². The van der Waals surface area contributed by atoms with Crippen molar-refractivity contribution in [2.45, 2.75) is 19.3 Å².